The SMILES string of the molecule is CN(CC(N)=O)C(=O)C1NCC2CCCC21. The molecule has 3 N–H and O–H groups in total. The number of nitrogens with zero attached hydrogens (tertiary/aromatic N) is 1. The van der Waals surface area contributed by atoms with Gasteiger partial charge in [0.1, 0.15) is 0 Å². The Labute approximate surface area is 95.3 Å². The van der Waals surface area contributed by atoms with E-state index in [1.54, 1.807) is 7.05 Å². The summed E-state index contributed by atoms with van der Waals surface area (Å²) in [6.45, 7) is 0.944. The lowest BCUT2D eigenvalue weighted by atomic mass is 9.93. The molecule has 1 aliphatic carbocycles. The van der Waals surface area contributed by atoms with Crippen LogP contribution in [-0.4, -0.2) is 42.9 Å². The first-order valence-electron chi connectivity index (χ1n) is 5.86. The quantitative estimate of drug-likeness (QED) is 0.668. The maximum Gasteiger partial charge on any atom is 0.240 e. The van der Waals surface area contributed by atoms with Gasteiger partial charge in [-0.15, -0.1) is 0 Å². The van der Waals surface area contributed by atoms with E-state index in [0.717, 1.165) is 13.0 Å². The van der Waals surface area contributed by atoms with E-state index in [-0.39, 0.29) is 18.5 Å². The fourth-order valence-corrected chi connectivity index (χ4v) is 3.01. The second kappa shape index (κ2) is 4.41. The Balaban J connectivity index is 1.96. The average molecular weight is 225 g/mol. The molecular weight excluding hydrogens is 206 g/mol. The number of hydrogen-bond acceptors (Lipinski definition) is 3. The van der Waals surface area contributed by atoms with Crippen LogP contribution in [0, 0.1) is 11.8 Å². The van der Waals surface area contributed by atoms with Crippen molar-refractivity contribution in [3.8, 4) is 0 Å². The summed E-state index contributed by atoms with van der Waals surface area (Å²) in [7, 11) is 1.64. The van der Waals surface area contributed by atoms with E-state index in [1.807, 2.05) is 0 Å². The minimum Gasteiger partial charge on any atom is -0.368 e. The number of amides is 2. The number of fused-ring (bicyclic) bond motifs is 1. The number of likely N-dealkylation sites (N-methyl/N-ethyl adjacent to an activating group) is 1. The molecule has 3 unspecified atom stereocenters. The van der Waals surface area contributed by atoms with Crippen molar-refractivity contribution in [3.63, 3.8) is 0 Å². The molecule has 0 spiro atoms. The second-order valence-corrected chi connectivity index (χ2v) is 4.90. The maximum atomic E-state index is 12.1. The van der Waals surface area contributed by atoms with Gasteiger partial charge in [0.05, 0.1) is 12.6 Å². The van der Waals surface area contributed by atoms with Gasteiger partial charge in [0.15, 0.2) is 0 Å². The molecule has 0 aromatic rings. The smallest absolute Gasteiger partial charge is 0.240 e. The van der Waals surface area contributed by atoms with Gasteiger partial charge in [-0.05, 0) is 31.2 Å². The molecule has 2 fully saturated rings. The summed E-state index contributed by atoms with van der Waals surface area (Å²) in [5, 5.41) is 3.27. The highest BCUT2D eigenvalue weighted by Crippen LogP contribution is 2.38. The minimum absolute atomic E-state index is 0.00759. The number of nitrogens with two attached hydrogens (primary N) is 1. The predicted octanol–water partition coefficient (Wildman–Crippen LogP) is -0.682. The number of primary amides is 1. The number of carbonyl (C=O) groups is 2. The Hall–Kier alpha value is -1.10. The van der Waals surface area contributed by atoms with Gasteiger partial charge in [-0.1, -0.05) is 6.42 Å². The Morgan fingerprint density at radius 3 is 2.88 bits per heavy atom. The molecule has 1 saturated carbocycles. The van der Waals surface area contributed by atoms with Crippen molar-refractivity contribution in [2.75, 3.05) is 20.1 Å². The van der Waals surface area contributed by atoms with Gasteiger partial charge >= 0.3 is 0 Å². The molecule has 1 heterocycles. The summed E-state index contributed by atoms with van der Waals surface area (Å²) in [5.74, 6) is 0.656. The van der Waals surface area contributed by atoms with Crippen LogP contribution < -0.4 is 11.1 Å². The topological polar surface area (TPSA) is 75.4 Å². The molecule has 5 nitrogen and oxygen atoms in total. The van der Waals surface area contributed by atoms with E-state index in [9.17, 15) is 9.59 Å². The number of hydrogen-bond donors (Lipinski definition) is 2. The van der Waals surface area contributed by atoms with E-state index in [1.165, 1.54) is 17.7 Å². The van der Waals surface area contributed by atoms with E-state index in [2.05, 4.69) is 5.32 Å². The van der Waals surface area contributed by atoms with Gasteiger partial charge in [-0.25, -0.2) is 0 Å². The molecule has 90 valence electrons. The van der Waals surface area contributed by atoms with Crippen LogP contribution >= 0.6 is 0 Å². The van der Waals surface area contributed by atoms with E-state index in [4.69, 9.17) is 5.73 Å². The largest absolute Gasteiger partial charge is 0.368 e. The van der Waals surface area contributed by atoms with Gasteiger partial charge in [0.2, 0.25) is 11.8 Å². The molecule has 3 atom stereocenters. The van der Waals surface area contributed by atoms with Crippen LogP contribution in [-0.2, 0) is 9.59 Å². The summed E-state index contributed by atoms with van der Waals surface area (Å²) in [5.41, 5.74) is 5.08. The zero-order valence-electron chi connectivity index (χ0n) is 9.61. The van der Waals surface area contributed by atoms with Crippen LogP contribution in [0.25, 0.3) is 0 Å². The lowest BCUT2D eigenvalue weighted by Crippen LogP contribution is -2.47. The second-order valence-electron chi connectivity index (χ2n) is 4.90. The van der Waals surface area contributed by atoms with E-state index in [0.29, 0.717) is 11.8 Å². The van der Waals surface area contributed by atoms with Crippen LogP contribution in [0.3, 0.4) is 0 Å². The van der Waals surface area contributed by atoms with Crippen molar-refractivity contribution in [2.24, 2.45) is 17.6 Å². The first-order chi connectivity index (χ1) is 7.59. The molecule has 0 bridgehead atoms. The third kappa shape index (κ3) is 2.04. The molecule has 1 saturated heterocycles. The van der Waals surface area contributed by atoms with E-state index >= 15 is 0 Å². The summed E-state index contributed by atoms with van der Waals surface area (Å²) >= 11 is 0. The van der Waals surface area contributed by atoms with Gasteiger partial charge in [-0.3, -0.25) is 9.59 Å². The van der Waals surface area contributed by atoms with E-state index < -0.39 is 5.91 Å². The summed E-state index contributed by atoms with van der Waals surface area (Å²) in [4.78, 5) is 24.3. The number of rotatable bonds is 3. The predicted molar refractivity (Wildman–Crippen MR) is 59.5 cm³/mol. The average Bonchev–Trinajstić information content (AvgIpc) is 2.75. The maximum absolute atomic E-state index is 12.1. The first kappa shape index (κ1) is 11.4. The van der Waals surface area contributed by atoms with Crippen LogP contribution in [0.5, 0.6) is 0 Å². The Bertz CT molecular complexity index is 306. The van der Waals surface area contributed by atoms with Crippen molar-refractivity contribution in [1.29, 1.82) is 0 Å². The first-order valence-corrected chi connectivity index (χ1v) is 5.86. The summed E-state index contributed by atoms with van der Waals surface area (Å²) in [6.07, 6.45) is 3.57. The monoisotopic (exact) mass is 225 g/mol. The van der Waals surface area contributed by atoms with Gasteiger partial charge < -0.3 is 16.0 Å². The lowest BCUT2D eigenvalue weighted by Gasteiger charge is -2.23. The molecule has 1 aliphatic heterocycles. The van der Waals surface area contributed by atoms with Gasteiger partial charge in [-0.2, -0.15) is 0 Å². The highest BCUT2D eigenvalue weighted by molar-refractivity contribution is 5.87. The Morgan fingerprint density at radius 1 is 1.44 bits per heavy atom. The highest BCUT2D eigenvalue weighted by Gasteiger charge is 2.43. The third-order valence-corrected chi connectivity index (χ3v) is 3.78. The molecule has 2 rings (SSSR count). The van der Waals surface area contributed by atoms with Crippen LogP contribution in [0.15, 0.2) is 0 Å². The van der Waals surface area contributed by atoms with Crippen LogP contribution in [0.2, 0.25) is 0 Å². The molecule has 16 heavy (non-hydrogen) atoms. The zero-order valence-corrected chi connectivity index (χ0v) is 9.61. The molecule has 5 heteroatoms. The number of carbonyl (C=O) groups excluding carboxylic acids is 2. The molecule has 0 radical (unpaired) electrons. The van der Waals surface area contributed by atoms with Gasteiger partial charge in [0.25, 0.3) is 0 Å². The van der Waals surface area contributed by atoms with Crippen molar-refractivity contribution < 1.29 is 9.59 Å². The van der Waals surface area contributed by atoms with Gasteiger partial charge in [0, 0.05) is 7.05 Å². The zero-order chi connectivity index (χ0) is 11.7. The summed E-state index contributed by atoms with van der Waals surface area (Å²) in [6, 6.07) is -0.100. The third-order valence-electron chi connectivity index (χ3n) is 3.78. The number of nitrogens with one attached hydrogen (secondary N) is 1. The fourth-order valence-electron chi connectivity index (χ4n) is 3.01. The highest BCUT2D eigenvalue weighted by atomic mass is 16.2. The molecule has 2 aliphatic rings. The van der Waals surface area contributed by atoms with Crippen molar-refractivity contribution in [1.82, 2.24) is 10.2 Å². The Kier molecular flexibility index (Phi) is 3.14. The fraction of sp³-hybridized carbons (Fsp3) is 0.818. The summed E-state index contributed by atoms with van der Waals surface area (Å²) < 4.78 is 0. The van der Waals surface area contributed by atoms with Crippen LogP contribution in [0.1, 0.15) is 19.3 Å². The van der Waals surface area contributed by atoms with Crippen molar-refractivity contribution >= 4 is 11.8 Å². The molecule has 2 amide bonds. The van der Waals surface area contributed by atoms with Crippen molar-refractivity contribution in [2.45, 2.75) is 25.3 Å². The normalized spacial score (nSPS) is 32.4. The standard InChI is InChI=1S/C11H19N3O2/c1-14(6-9(12)15)11(16)10-8-4-2-3-7(8)5-13-10/h7-8,10,13H,2-6H2,1H3,(H2,12,15). The Morgan fingerprint density at radius 2 is 2.19 bits per heavy atom. The van der Waals surface area contributed by atoms with Crippen LogP contribution in [0.4, 0.5) is 0 Å². The molecule has 0 aromatic carbocycles. The lowest BCUT2D eigenvalue weighted by molar-refractivity contribution is -0.136. The van der Waals surface area contributed by atoms with Crippen molar-refractivity contribution in [3.05, 3.63) is 0 Å². The minimum atomic E-state index is -0.461. The molecule has 0 aromatic heterocycles. The molecular formula is C11H19N3O2.